The Bertz CT molecular complexity index is 796. The van der Waals surface area contributed by atoms with Gasteiger partial charge in [-0.3, -0.25) is 14.3 Å². The van der Waals surface area contributed by atoms with E-state index in [-0.39, 0.29) is 11.5 Å². The molecule has 152 valence electrons. The Morgan fingerprint density at radius 3 is 2.56 bits per heavy atom. The van der Waals surface area contributed by atoms with Gasteiger partial charge in [-0.25, -0.2) is 4.79 Å². The lowest BCUT2D eigenvalue weighted by atomic mass is 9.89. The van der Waals surface area contributed by atoms with Crippen LogP contribution in [0.1, 0.15) is 33.4 Å². The number of hydrogen-bond donors (Lipinski definition) is 3. The first-order valence-corrected chi connectivity index (χ1v) is 11.9. The van der Waals surface area contributed by atoms with Crippen LogP contribution in [0.5, 0.6) is 0 Å². The highest BCUT2D eigenvalue weighted by Gasteiger charge is 2.58. The lowest BCUT2D eigenvalue weighted by Crippen LogP contribution is -2.56. The molecule has 1 aromatic heterocycles. The number of hydrogen-bond acceptors (Lipinski definition) is 6. The summed E-state index contributed by atoms with van der Waals surface area (Å²) in [7, 11) is -2.38. The molecular formula is C18H30N2O6Si. The molecule has 2 rings (SSSR count). The molecule has 27 heavy (non-hydrogen) atoms. The van der Waals surface area contributed by atoms with Gasteiger partial charge in [0.05, 0.1) is 6.61 Å². The Hall–Kier alpha value is -1.52. The van der Waals surface area contributed by atoms with Gasteiger partial charge in [-0.05, 0) is 24.6 Å². The molecule has 8 nitrogen and oxygen atoms in total. The molecule has 1 saturated heterocycles. The van der Waals surface area contributed by atoms with Gasteiger partial charge in [0.25, 0.3) is 5.56 Å². The first-order chi connectivity index (χ1) is 12.4. The van der Waals surface area contributed by atoms with Gasteiger partial charge >= 0.3 is 5.69 Å². The van der Waals surface area contributed by atoms with Crippen LogP contribution >= 0.6 is 0 Å². The third-order valence-electron chi connectivity index (χ3n) is 5.60. The lowest BCUT2D eigenvalue weighted by Gasteiger charge is -2.43. The molecule has 9 heteroatoms. The standard InChI is InChI=1S/C18H30N2O6Si/c1-7-9-18(24)12(11-21)25-15(20-10-8-13(22)19-16(20)23)14(18)26-27(5,6)17(2,3)4/h7-8,10,12,14-15,21,24H,1,9,11H2,2-6H3,(H,19,22,23)/t12-,14+,15-,18+/m1/s1. The molecule has 2 heterocycles. The van der Waals surface area contributed by atoms with Gasteiger partial charge in [0.1, 0.15) is 17.8 Å². The minimum atomic E-state index is -2.38. The molecule has 1 aromatic rings. The van der Waals surface area contributed by atoms with Crippen molar-refractivity contribution < 1.29 is 19.4 Å². The molecule has 4 atom stereocenters. The van der Waals surface area contributed by atoms with Crippen LogP contribution in [0.25, 0.3) is 0 Å². The normalized spacial score (nSPS) is 29.1. The molecule has 1 aliphatic rings. The monoisotopic (exact) mass is 398 g/mol. The third kappa shape index (κ3) is 4.02. The zero-order valence-corrected chi connectivity index (χ0v) is 17.6. The van der Waals surface area contributed by atoms with Gasteiger partial charge < -0.3 is 19.4 Å². The van der Waals surface area contributed by atoms with Crippen LogP contribution < -0.4 is 11.2 Å². The summed E-state index contributed by atoms with van der Waals surface area (Å²) in [5.41, 5.74) is -2.77. The molecule has 1 aliphatic heterocycles. The van der Waals surface area contributed by atoms with E-state index in [0.29, 0.717) is 0 Å². The average Bonchev–Trinajstić information content (AvgIpc) is 2.79. The van der Waals surface area contributed by atoms with Gasteiger partial charge in [-0.1, -0.05) is 26.8 Å². The molecule has 1 fully saturated rings. The Morgan fingerprint density at radius 2 is 2.07 bits per heavy atom. The maximum absolute atomic E-state index is 12.3. The maximum Gasteiger partial charge on any atom is 0.330 e. The van der Waals surface area contributed by atoms with Gasteiger partial charge in [0.15, 0.2) is 14.5 Å². The molecule has 0 aliphatic carbocycles. The van der Waals surface area contributed by atoms with Crippen molar-refractivity contribution in [3.05, 3.63) is 45.8 Å². The fourth-order valence-corrected chi connectivity index (χ4v) is 4.27. The molecule has 0 bridgehead atoms. The molecule has 0 amide bonds. The highest BCUT2D eigenvalue weighted by Crippen LogP contribution is 2.46. The van der Waals surface area contributed by atoms with E-state index >= 15 is 0 Å². The summed E-state index contributed by atoms with van der Waals surface area (Å²) in [4.78, 5) is 25.9. The van der Waals surface area contributed by atoms with E-state index in [1.54, 1.807) is 0 Å². The number of nitrogens with zero attached hydrogens (tertiary/aromatic N) is 1. The Kier molecular flexibility index (Phi) is 6.03. The number of rotatable bonds is 6. The summed E-state index contributed by atoms with van der Waals surface area (Å²) in [5.74, 6) is 0. The van der Waals surface area contributed by atoms with E-state index in [4.69, 9.17) is 9.16 Å². The van der Waals surface area contributed by atoms with Crippen molar-refractivity contribution in [3.8, 4) is 0 Å². The fourth-order valence-electron chi connectivity index (χ4n) is 2.96. The van der Waals surface area contributed by atoms with Crippen molar-refractivity contribution in [2.75, 3.05) is 6.61 Å². The van der Waals surface area contributed by atoms with Crippen molar-refractivity contribution in [2.24, 2.45) is 0 Å². The highest BCUT2D eigenvalue weighted by molar-refractivity contribution is 6.74. The molecule has 0 saturated carbocycles. The quantitative estimate of drug-likeness (QED) is 0.489. The van der Waals surface area contributed by atoms with Gasteiger partial charge in [0.2, 0.25) is 0 Å². The number of H-pyrrole nitrogens is 1. The molecule has 0 radical (unpaired) electrons. The average molecular weight is 399 g/mol. The van der Waals surface area contributed by atoms with E-state index in [1.807, 2.05) is 13.1 Å². The van der Waals surface area contributed by atoms with Crippen LogP contribution in [0.15, 0.2) is 34.5 Å². The summed E-state index contributed by atoms with van der Waals surface area (Å²) in [6.45, 7) is 13.5. The van der Waals surface area contributed by atoms with E-state index in [2.05, 4.69) is 32.3 Å². The Balaban J connectivity index is 2.58. The van der Waals surface area contributed by atoms with Gasteiger partial charge in [-0.15, -0.1) is 6.58 Å². The first-order valence-electron chi connectivity index (χ1n) is 8.96. The predicted octanol–water partition coefficient (Wildman–Crippen LogP) is 1.12. The molecular weight excluding hydrogens is 368 g/mol. The van der Waals surface area contributed by atoms with Crippen molar-refractivity contribution in [3.63, 3.8) is 0 Å². The summed E-state index contributed by atoms with van der Waals surface area (Å²) in [5, 5.41) is 21.0. The lowest BCUT2D eigenvalue weighted by molar-refractivity contribution is -0.0884. The van der Waals surface area contributed by atoms with Crippen LogP contribution in [0.2, 0.25) is 18.1 Å². The van der Waals surface area contributed by atoms with Crippen LogP contribution in [0.3, 0.4) is 0 Å². The van der Waals surface area contributed by atoms with Gasteiger partial charge in [-0.2, -0.15) is 0 Å². The van der Waals surface area contributed by atoms with Crippen LogP contribution in [-0.4, -0.2) is 52.5 Å². The topological polar surface area (TPSA) is 114 Å². The number of ether oxygens (including phenoxy) is 1. The van der Waals surface area contributed by atoms with E-state index < -0.39 is 50.2 Å². The molecule has 3 N–H and O–H groups in total. The summed E-state index contributed by atoms with van der Waals surface area (Å²) in [6.07, 6.45) is 0.0805. The van der Waals surface area contributed by atoms with Crippen LogP contribution in [-0.2, 0) is 9.16 Å². The van der Waals surface area contributed by atoms with E-state index in [0.717, 1.165) is 0 Å². The first kappa shape index (κ1) is 21.8. The number of nitrogens with one attached hydrogen (secondary N) is 1. The van der Waals surface area contributed by atoms with Crippen LogP contribution in [0.4, 0.5) is 0 Å². The fraction of sp³-hybridized carbons (Fsp3) is 0.667. The molecule has 0 aromatic carbocycles. The van der Waals surface area contributed by atoms with Crippen molar-refractivity contribution >= 4 is 8.32 Å². The Labute approximate surface area is 159 Å². The minimum absolute atomic E-state index is 0.117. The van der Waals surface area contributed by atoms with Crippen molar-refractivity contribution in [1.29, 1.82) is 0 Å². The predicted molar refractivity (Wildman–Crippen MR) is 104 cm³/mol. The molecule has 0 spiro atoms. The van der Waals surface area contributed by atoms with Gasteiger partial charge in [0, 0.05) is 12.3 Å². The smallest absolute Gasteiger partial charge is 0.330 e. The summed E-state index contributed by atoms with van der Waals surface area (Å²) < 4.78 is 13.5. The van der Waals surface area contributed by atoms with Crippen LogP contribution in [0, 0.1) is 0 Å². The largest absolute Gasteiger partial charge is 0.406 e. The summed E-state index contributed by atoms with van der Waals surface area (Å²) >= 11 is 0. The summed E-state index contributed by atoms with van der Waals surface area (Å²) in [6, 6.07) is 1.20. The van der Waals surface area contributed by atoms with Crippen molar-refractivity contribution in [1.82, 2.24) is 9.55 Å². The molecule has 0 unspecified atom stereocenters. The van der Waals surface area contributed by atoms with E-state index in [1.165, 1.54) is 22.9 Å². The zero-order chi connectivity index (χ0) is 20.6. The third-order valence-corrected chi connectivity index (χ3v) is 10.1. The number of aliphatic hydroxyl groups excluding tert-OH is 1. The number of aromatic nitrogens is 2. The second-order valence-electron chi connectivity index (χ2n) is 8.50. The highest BCUT2D eigenvalue weighted by atomic mass is 28.4. The SMILES string of the molecule is C=CC[C@]1(O)[C@@H](CO)O[C@@H](n2ccc(=O)[nH]c2=O)[C@@H]1O[Si](C)(C)C(C)(C)C. The van der Waals surface area contributed by atoms with E-state index in [9.17, 15) is 19.8 Å². The maximum atomic E-state index is 12.3. The number of aromatic amines is 1. The zero-order valence-electron chi connectivity index (χ0n) is 16.6. The van der Waals surface area contributed by atoms with Crippen molar-refractivity contribution in [2.45, 2.75) is 69.4 Å². The second kappa shape index (κ2) is 7.48. The second-order valence-corrected chi connectivity index (χ2v) is 13.3. The Morgan fingerprint density at radius 1 is 1.44 bits per heavy atom. The minimum Gasteiger partial charge on any atom is -0.406 e. The number of aliphatic hydroxyl groups is 2.